The van der Waals surface area contributed by atoms with E-state index in [1.165, 1.54) is 6.07 Å². The standard InChI is InChI=1S/C47H27F3N6/c48-47(49,50)31-23-25-43(56-40-20-10-6-16-34(40)35-17-7-11-21-41(35)56)37(27-31)46-53-44(30-12-2-1-3-13-30)52-45(54-46)36-26-29(28-51)22-24-42(36)55-38-18-8-4-14-32(38)33-15-5-9-19-39(33)55/h1-27H. The Bertz CT molecular complexity index is 3100. The Morgan fingerprint density at radius 3 is 1.32 bits per heavy atom. The van der Waals surface area contributed by atoms with Crippen LogP contribution >= 0.6 is 0 Å². The number of nitriles is 1. The molecule has 10 rings (SSSR count). The third-order valence-electron chi connectivity index (χ3n) is 10.2. The van der Waals surface area contributed by atoms with Crippen LogP contribution in [-0.4, -0.2) is 24.1 Å². The second-order valence-electron chi connectivity index (χ2n) is 13.5. The summed E-state index contributed by atoms with van der Waals surface area (Å²) in [5.74, 6) is 0.521. The molecular weight excluding hydrogens is 706 g/mol. The molecule has 10 aromatic rings. The van der Waals surface area contributed by atoms with Crippen LogP contribution in [0.4, 0.5) is 13.2 Å². The van der Waals surface area contributed by atoms with Gasteiger partial charge in [-0.2, -0.15) is 18.4 Å². The maximum Gasteiger partial charge on any atom is 0.416 e. The number of halogens is 3. The highest BCUT2D eigenvalue weighted by Gasteiger charge is 2.32. The van der Waals surface area contributed by atoms with Crippen molar-refractivity contribution < 1.29 is 13.2 Å². The minimum absolute atomic E-state index is 0.0485. The molecule has 0 bridgehead atoms. The van der Waals surface area contributed by atoms with Crippen molar-refractivity contribution in [1.82, 2.24) is 24.1 Å². The normalized spacial score (nSPS) is 11.8. The van der Waals surface area contributed by atoms with Gasteiger partial charge in [0.15, 0.2) is 17.5 Å². The van der Waals surface area contributed by atoms with Gasteiger partial charge in [-0.3, -0.25) is 0 Å². The van der Waals surface area contributed by atoms with Gasteiger partial charge < -0.3 is 9.13 Å². The fourth-order valence-corrected chi connectivity index (χ4v) is 7.76. The van der Waals surface area contributed by atoms with Crippen LogP contribution in [0, 0.1) is 11.3 Å². The highest BCUT2D eigenvalue weighted by Crippen LogP contribution is 2.41. The average Bonchev–Trinajstić information content (AvgIpc) is 3.76. The first kappa shape index (κ1) is 33.0. The Balaban J connectivity index is 1.31. The summed E-state index contributed by atoms with van der Waals surface area (Å²) in [4.78, 5) is 14.9. The number of fused-ring (bicyclic) bond motifs is 6. The van der Waals surface area contributed by atoms with Gasteiger partial charge in [-0.15, -0.1) is 0 Å². The minimum Gasteiger partial charge on any atom is -0.309 e. The Morgan fingerprint density at radius 1 is 0.446 bits per heavy atom. The first-order valence-corrected chi connectivity index (χ1v) is 17.9. The molecule has 0 saturated carbocycles. The van der Waals surface area contributed by atoms with Crippen molar-refractivity contribution >= 4 is 43.6 Å². The molecule has 0 radical (unpaired) electrons. The molecule has 9 heteroatoms. The summed E-state index contributed by atoms with van der Waals surface area (Å²) in [6.45, 7) is 0. The molecular formula is C47H27F3N6. The molecule has 0 amide bonds. The molecule has 3 aromatic heterocycles. The summed E-state index contributed by atoms with van der Waals surface area (Å²) in [5.41, 5.74) is 5.55. The van der Waals surface area contributed by atoms with Crippen molar-refractivity contribution in [2.75, 3.05) is 0 Å². The van der Waals surface area contributed by atoms with E-state index in [1.807, 2.05) is 126 Å². The van der Waals surface area contributed by atoms with E-state index in [2.05, 4.69) is 22.8 Å². The third kappa shape index (κ3) is 5.30. The van der Waals surface area contributed by atoms with Crippen molar-refractivity contribution in [1.29, 1.82) is 5.26 Å². The summed E-state index contributed by atoms with van der Waals surface area (Å²) < 4.78 is 47.9. The van der Waals surface area contributed by atoms with Crippen LogP contribution in [-0.2, 0) is 6.18 Å². The van der Waals surface area contributed by atoms with Gasteiger partial charge in [0, 0.05) is 38.2 Å². The van der Waals surface area contributed by atoms with E-state index in [4.69, 9.17) is 15.0 Å². The monoisotopic (exact) mass is 732 g/mol. The maximum atomic E-state index is 14.6. The van der Waals surface area contributed by atoms with Crippen LogP contribution in [0.25, 0.3) is 89.2 Å². The van der Waals surface area contributed by atoms with Crippen molar-refractivity contribution in [3.05, 3.63) is 175 Å². The van der Waals surface area contributed by atoms with Gasteiger partial charge in [-0.25, -0.2) is 15.0 Å². The maximum absolute atomic E-state index is 14.6. The van der Waals surface area contributed by atoms with Gasteiger partial charge in [-0.05, 0) is 60.7 Å². The van der Waals surface area contributed by atoms with E-state index < -0.39 is 11.7 Å². The number of nitrogens with zero attached hydrogens (tertiary/aromatic N) is 6. The molecule has 0 aliphatic carbocycles. The summed E-state index contributed by atoms with van der Waals surface area (Å²) in [6, 6.07) is 52.3. The lowest BCUT2D eigenvalue weighted by Gasteiger charge is -2.18. The Morgan fingerprint density at radius 2 is 0.857 bits per heavy atom. The second-order valence-corrected chi connectivity index (χ2v) is 13.5. The molecule has 3 heterocycles. The summed E-state index contributed by atoms with van der Waals surface area (Å²) >= 11 is 0. The van der Waals surface area contributed by atoms with Gasteiger partial charge in [-0.1, -0.05) is 103 Å². The fraction of sp³-hybridized carbons (Fsp3) is 0.0213. The molecule has 0 fully saturated rings. The number of para-hydroxylation sites is 4. The zero-order chi connectivity index (χ0) is 38.0. The summed E-state index contributed by atoms with van der Waals surface area (Å²) in [7, 11) is 0. The number of aromatic nitrogens is 5. The third-order valence-corrected chi connectivity index (χ3v) is 10.2. The molecule has 6 nitrogen and oxygen atoms in total. The van der Waals surface area contributed by atoms with Crippen LogP contribution in [0.5, 0.6) is 0 Å². The van der Waals surface area contributed by atoms with Crippen molar-refractivity contribution in [3.63, 3.8) is 0 Å². The number of hydrogen-bond acceptors (Lipinski definition) is 4. The summed E-state index contributed by atoms with van der Waals surface area (Å²) in [5, 5.41) is 14.1. The van der Waals surface area contributed by atoms with Crippen molar-refractivity contribution in [3.8, 4) is 51.6 Å². The average molecular weight is 733 g/mol. The lowest BCUT2D eigenvalue weighted by atomic mass is 10.0. The molecule has 0 N–H and O–H groups in total. The lowest BCUT2D eigenvalue weighted by Crippen LogP contribution is -2.09. The largest absolute Gasteiger partial charge is 0.416 e. The van der Waals surface area contributed by atoms with Crippen LogP contribution in [0.1, 0.15) is 11.1 Å². The van der Waals surface area contributed by atoms with E-state index in [-0.39, 0.29) is 23.0 Å². The molecule has 266 valence electrons. The molecule has 0 saturated heterocycles. The van der Waals surface area contributed by atoms with E-state index in [1.54, 1.807) is 12.1 Å². The molecule has 56 heavy (non-hydrogen) atoms. The second kappa shape index (κ2) is 12.8. The Kier molecular flexibility index (Phi) is 7.54. The zero-order valence-electron chi connectivity index (χ0n) is 29.4. The fourth-order valence-electron chi connectivity index (χ4n) is 7.76. The first-order valence-electron chi connectivity index (χ1n) is 17.9. The predicted molar refractivity (Wildman–Crippen MR) is 215 cm³/mol. The summed E-state index contributed by atoms with van der Waals surface area (Å²) in [6.07, 6.45) is -4.64. The predicted octanol–water partition coefficient (Wildman–Crippen LogP) is 12.0. The lowest BCUT2D eigenvalue weighted by molar-refractivity contribution is -0.137. The highest BCUT2D eigenvalue weighted by atomic mass is 19.4. The first-order chi connectivity index (χ1) is 27.4. The quantitative estimate of drug-likeness (QED) is 0.177. The van der Waals surface area contributed by atoms with Crippen LogP contribution in [0.2, 0.25) is 0 Å². The van der Waals surface area contributed by atoms with Gasteiger partial charge >= 0.3 is 6.18 Å². The zero-order valence-corrected chi connectivity index (χ0v) is 29.4. The van der Waals surface area contributed by atoms with Crippen molar-refractivity contribution in [2.45, 2.75) is 6.18 Å². The molecule has 0 atom stereocenters. The smallest absolute Gasteiger partial charge is 0.309 e. The van der Waals surface area contributed by atoms with Gasteiger partial charge in [0.05, 0.1) is 50.6 Å². The molecule has 7 aromatic carbocycles. The minimum atomic E-state index is -4.64. The van der Waals surface area contributed by atoms with Crippen LogP contribution in [0.15, 0.2) is 164 Å². The van der Waals surface area contributed by atoms with E-state index in [9.17, 15) is 18.4 Å². The molecule has 0 spiro atoms. The Labute approximate surface area is 318 Å². The number of alkyl halides is 3. The highest BCUT2D eigenvalue weighted by molar-refractivity contribution is 6.10. The molecule has 0 aliphatic rings. The molecule has 0 aliphatic heterocycles. The number of benzene rings is 7. The van der Waals surface area contributed by atoms with Crippen molar-refractivity contribution in [2.24, 2.45) is 0 Å². The SMILES string of the molecule is N#Cc1ccc(-n2c3ccccc3c3ccccc32)c(-c2nc(-c3ccccc3)nc(-c3cc(C(F)(F)F)ccc3-n3c4ccccc4c4ccccc43)n2)c1. The Hall–Kier alpha value is -7.57. The van der Waals surface area contributed by atoms with E-state index >= 15 is 0 Å². The molecule has 0 unspecified atom stereocenters. The van der Waals surface area contributed by atoms with Crippen LogP contribution < -0.4 is 0 Å². The van der Waals surface area contributed by atoms with Gasteiger partial charge in [0.1, 0.15) is 0 Å². The van der Waals surface area contributed by atoms with E-state index in [0.717, 1.165) is 55.7 Å². The number of rotatable bonds is 5. The van der Waals surface area contributed by atoms with Gasteiger partial charge in [0.25, 0.3) is 0 Å². The van der Waals surface area contributed by atoms with Gasteiger partial charge in [0.2, 0.25) is 0 Å². The number of hydrogen-bond donors (Lipinski definition) is 0. The topological polar surface area (TPSA) is 72.3 Å². The van der Waals surface area contributed by atoms with Crippen LogP contribution in [0.3, 0.4) is 0 Å². The van der Waals surface area contributed by atoms with E-state index in [0.29, 0.717) is 28.1 Å².